The third-order valence-corrected chi connectivity index (χ3v) is 7.07. The molecule has 0 fully saturated rings. The van der Waals surface area contributed by atoms with E-state index >= 15 is 0 Å². The quantitative estimate of drug-likeness (QED) is 0.244. The third kappa shape index (κ3) is 5.86. The number of benzene rings is 3. The summed E-state index contributed by atoms with van der Waals surface area (Å²) >= 11 is 3.33. The largest absolute Gasteiger partial charge is 0.507 e. The maximum absolute atomic E-state index is 13.9. The van der Waals surface area contributed by atoms with Crippen molar-refractivity contribution < 1.29 is 9.90 Å². The number of imidazole rings is 1. The molecule has 1 aromatic heterocycles. The summed E-state index contributed by atoms with van der Waals surface area (Å²) in [6, 6.07) is 23.9. The van der Waals surface area contributed by atoms with Crippen molar-refractivity contribution in [1.82, 2.24) is 9.13 Å². The van der Waals surface area contributed by atoms with E-state index in [1.165, 1.54) is 0 Å². The fraction of sp³-hybridized carbons (Fsp3) is 0.312. The van der Waals surface area contributed by atoms with E-state index < -0.39 is 0 Å². The number of nitrogens with zero attached hydrogens (tertiary/aromatic N) is 3. The van der Waals surface area contributed by atoms with E-state index in [1.807, 2.05) is 71.4 Å². The lowest BCUT2D eigenvalue weighted by Gasteiger charge is -2.28. The van der Waals surface area contributed by atoms with E-state index in [9.17, 15) is 9.90 Å². The van der Waals surface area contributed by atoms with Gasteiger partial charge in [0.15, 0.2) is 5.78 Å². The van der Waals surface area contributed by atoms with Gasteiger partial charge in [0.2, 0.25) is 5.62 Å². The number of hydrogen-bond donors (Lipinski definition) is 1. The number of phenols is 1. The van der Waals surface area contributed by atoms with Crippen LogP contribution in [0.25, 0.3) is 11.3 Å². The molecule has 0 bridgehead atoms. The summed E-state index contributed by atoms with van der Waals surface area (Å²) in [6.45, 7) is 13.0. The molecule has 5 nitrogen and oxygen atoms in total. The molecular weight excluding hydrogens is 538 g/mol. The van der Waals surface area contributed by atoms with Crippen LogP contribution in [-0.2, 0) is 23.9 Å². The molecule has 3 aromatic carbocycles. The molecule has 1 heterocycles. The monoisotopic (exact) mass is 573 g/mol. The average molecular weight is 575 g/mol. The maximum atomic E-state index is 13.9. The summed E-state index contributed by atoms with van der Waals surface area (Å²) in [7, 11) is 0. The van der Waals surface area contributed by atoms with Crippen LogP contribution in [-0.4, -0.2) is 20.0 Å². The molecule has 4 rings (SSSR count). The van der Waals surface area contributed by atoms with Gasteiger partial charge in [-0.05, 0) is 34.1 Å². The van der Waals surface area contributed by atoms with E-state index in [0.717, 1.165) is 27.9 Å². The van der Waals surface area contributed by atoms with Crippen LogP contribution >= 0.6 is 16.1 Å². The molecule has 38 heavy (non-hydrogen) atoms. The summed E-state index contributed by atoms with van der Waals surface area (Å²) in [5.41, 5.74) is 5.17. The van der Waals surface area contributed by atoms with Gasteiger partial charge in [-0.1, -0.05) is 102 Å². The molecule has 0 amide bonds. The van der Waals surface area contributed by atoms with Crippen molar-refractivity contribution in [2.24, 2.45) is 4.02 Å². The van der Waals surface area contributed by atoms with Crippen LogP contribution < -0.4 is 5.62 Å². The van der Waals surface area contributed by atoms with Crippen molar-refractivity contribution >= 4 is 21.9 Å². The van der Waals surface area contributed by atoms with Gasteiger partial charge in [0.25, 0.3) is 0 Å². The van der Waals surface area contributed by atoms with Crippen molar-refractivity contribution in [1.29, 1.82) is 0 Å². The van der Waals surface area contributed by atoms with Gasteiger partial charge < -0.3 is 14.2 Å². The second kappa shape index (κ2) is 10.8. The Hall–Kier alpha value is -3.38. The summed E-state index contributed by atoms with van der Waals surface area (Å²) in [6.07, 6.45) is 2.05. The van der Waals surface area contributed by atoms with Crippen molar-refractivity contribution in [3.05, 3.63) is 107 Å². The standard InChI is InChI=1S/C32H36BrN3O2/c1-31(2,3)25-17-24(18-26(29(25)38)32(4,5)6)28(37)21-36-27(23-15-11-8-12-16-23)20-35(30(36)34-33)19-22-13-9-7-10-14-22/h7-18,20,38H,19,21H2,1-6H3/b34-30-. The van der Waals surface area contributed by atoms with Crippen LogP contribution in [0.2, 0.25) is 0 Å². The molecule has 0 saturated heterocycles. The Balaban J connectivity index is 1.85. The molecule has 0 unspecified atom stereocenters. The van der Waals surface area contributed by atoms with Gasteiger partial charge in [0, 0.05) is 22.9 Å². The van der Waals surface area contributed by atoms with Gasteiger partial charge in [-0.25, -0.2) is 0 Å². The number of carbonyl (C=O) groups is 1. The predicted molar refractivity (Wildman–Crippen MR) is 158 cm³/mol. The third-order valence-electron chi connectivity index (χ3n) is 6.76. The Kier molecular flexibility index (Phi) is 7.84. The number of hydrogen-bond acceptors (Lipinski definition) is 3. The topological polar surface area (TPSA) is 59.5 Å². The Morgan fingerprint density at radius 1 is 0.868 bits per heavy atom. The van der Waals surface area contributed by atoms with Crippen LogP contribution in [0.4, 0.5) is 0 Å². The highest BCUT2D eigenvalue weighted by Crippen LogP contribution is 2.40. The highest BCUT2D eigenvalue weighted by molar-refractivity contribution is 9.08. The van der Waals surface area contributed by atoms with Crippen molar-refractivity contribution in [2.75, 3.05) is 0 Å². The minimum atomic E-state index is -0.321. The molecule has 0 aliphatic rings. The van der Waals surface area contributed by atoms with Gasteiger partial charge in [-0.2, -0.15) is 4.02 Å². The lowest BCUT2D eigenvalue weighted by molar-refractivity contribution is 0.0970. The fourth-order valence-electron chi connectivity index (χ4n) is 4.70. The zero-order valence-corrected chi connectivity index (χ0v) is 24.6. The van der Waals surface area contributed by atoms with Crippen molar-refractivity contribution in [3.8, 4) is 17.0 Å². The van der Waals surface area contributed by atoms with Crippen LogP contribution in [0, 0.1) is 0 Å². The second-order valence-corrected chi connectivity index (χ2v) is 12.2. The lowest BCUT2D eigenvalue weighted by Crippen LogP contribution is -2.29. The summed E-state index contributed by atoms with van der Waals surface area (Å²) in [5, 5.41) is 11.1. The van der Waals surface area contributed by atoms with Gasteiger partial charge in [0.1, 0.15) is 5.75 Å². The van der Waals surface area contributed by atoms with Crippen LogP contribution in [0.3, 0.4) is 0 Å². The van der Waals surface area contributed by atoms with Gasteiger partial charge in [0.05, 0.1) is 34.9 Å². The molecule has 0 saturated carbocycles. The Morgan fingerprint density at radius 3 is 1.89 bits per heavy atom. The normalized spacial score (nSPS) is 12.7. The summed E-state index contributed by atoms with van der Waals surface area (Å²) < 4.78 is 8.44. The number of phenolic OH excluding ortho intramolecular Hbond substituents is 1. The second-order valence-electron chi connectivity index (χ2n) is 11.8. The first kappa shape index (κ1) is 27.6. The smallest absolute Gasteiger partial charge is 0.217 e. The van der Waals surface area contributed by atoms with Crippen molar-refractivity contribution in [2.45, 2.75) is 65.5 Å². The minimum absolute atomic E-state index is 0.0435. The van der Waals surface area contributed by atoms with Gasteiger partial charge in [-0.3, -0.25) is 4.79 Å². The summed E-state index contributed by atoms with van der Waals surface area (Å²) in [4.78, 5) is 13.9. The van der Waals surface area contributed by atoms with E-state index in [-0.39, 0.29) is 28.9 Å². The average Bonchev–Trinajstić information content (AvgIpc) is 3.20. The lowest BCUT2D eigenvalue weighted by atomic mass is 9.78. The molecule has 198 valence electrons. The molecule has 4 aromatic rings. The molecule has 0 radical (unpaired) electrons. The number of aromatic nitrogens is 2. The van der Waals surface area contributed by atoms with Crippen LogP contribution in [0.15, 0.2) is 83.0 Å². The maximum Gasteiger partial charge on any atom is 0.217 e. The van der Waals surface area contributed by atoms with Gasteiger partial charge in [-0.15, -0.1) is 0 Å². The number of Topliss-reactive ketones (excluding diaryl/α,β-unsaturated/α-hetero) is 1. The molecule has 0 aliphatic heterocycles. The summed E-state index contributed by atoms with van der Waals surface area (Å²) in [5.74, 6) is 0.224. The highest BCUT2D eigenvalue weighted by atomic mass is 79.9. The van der Waals surface area contributed by atoms with E-state index in [2.05, 4.69) is 78.4 Å². The van der Waals surface area contributed by atoms with Crippen LogP contribution in [0.5, 0.6) is 5.75 Å². The first-order valence-corrected chi connectivity index (χ1v) is 13.6. The Bertz CT molecular complexity index is 1470. The number of ketones is 1. The van der Waals surface area contributed by atoms with E-state index in [4.69, 9.17) is 0 Å². The van der Waals surface area contributed by atoms with Crippen molar-refractivity contribution in [3.63, 3.8) is 0 Å². The molecule has 6 heteroatoms. The number of aromatic hydroxyl groups is 1. The Morgan fingerprint density at radius 2 is 1.39 bits per heavy atom. The molecule has 0 spiro atoms. The zero-order chi connectivity index (χ0) is 27.7. The predicted octanol–water partition coefficient (Wildman–Crippen LogP) is 7.40. The van der Waals surface area contributed by atoms with Crippen LogP contribution in [0.1, 0.15) is 68.6 Å². The Labute approximate surface area is 233 Å². The first-order valence-electron chi connectivity index (χ1n) is 12.9. The van der Waals surface area contributed by atoms with E-state index in [1.54, 1.807) is 0 Å². The SMILES string of the molecule is CC(C)(C)c1cc(C(=O)Cn2c(-c3ccccc3)cn(Cc3ccccc3)/c2=N/Br)cc(C(C)(C)C)c1O. The molecule has 0 aliphatic carbocycles. The minimum Gasteiger partial charge on any atom is -0.507 e. The van der Waals surface area contributed by atoms with Gasteiger partial charge >= 0.3 is 0 Å². The molecular formula is C32H36BrN3O2. The first-order chi connectivity index (χ1) is 17.9. The highest BCUT2D eigenvalue weighted by Gasteiger charge is 2.28. The molecule has 0 atom stereocenters. The molecule has 1 N–H and O–H groups in total. The number of carbonyl (C=O) groups excluding carboxylic acids is 1. The number of halogens is 1. The van der Waals surface area contributed by atoms with E-state index in [0.29, 0.717) is 17.7 Å². The zero-order valence-electron chi connectivity index (χ0n) is 23.0. The fourth-order valence-corrected chi connectivity index (χ4v) is 5.09. The number of rotatable bonds is 6.